The van der Waals surface area contributed by atoms with Gasteiger partial charge in [0, 0.05) is 11.7 Å². The highest BCUT2D eigenvalue weighted by atomic mass is 35.5. The predicted molar refractivity (Wildman–Crippen MR) is 96.2 cm³/mol. The minimum absolute atomic E-state index is 0.0811. The monoisotopic (exact) mass is 364 g/mol. The number of amides is 1. The van der Waals surface area contributed by atoms with E-state index in [1.54, 1.807) is 24.1 Å². The van der Waals surface area contributed by atoms with Crippen molar-refractivity contribution in [3.63, 3.8) is 0 Å². The molecule has 126 valence electrons. The third-order valence-electron chi connectivity index (χ3n) is 4.33. The van der Waals surface area contributed by atoms with E-state index in [-0.39, 0.29) is 22.3 Å². The van der Waals surface area contributed by atoms with Crippen molar-refractivity contribution in [2.45, 2.75) is 25.8 Å². The summed E-state index contributed by atoms with van der Waals surface area (Å²) in [5.41, 5.74) is 1.16. The summed E-state index contributed by atoms with van der Waals surface area (Å²) in [6, 6.07) is 10.7. The highest BCUT2D eigenvalue weighted by molar-refractivity contribution is 6.35. The van der Waals surface area contributed by atoms with Gasteiger partial charge in [-0.3, -0.25) is 4.79 Å². The van der Waals surface area contributed by atoms with E-state index in [4.69, 9.17) is 27.9 Å². The third kappa shape index (κ3) is 3.50. The quantitative estimate of drug-likeness (QED) is 0.712. The van der Waals surface area contributed by atoms with Gasteiger partial charge in [-0.15, -0.1) is 0 Å². The fourth-order valence-electron chi connectivity index (χ4n) is 2.77. The van der Waals surface area contributed by atoms with E-state index in [2.05, 4.69) is 11.9 Å². The molecule has 0 bridgehead atoms. The zero-order chi connectivity index (χ0) is 17.3. The normalized spacial score (nSPS) is 15.0. The molecule has 1 fully saturated rings. The van der Waals surface area contributed by atoms with Crippen LogP contribution in [-0.2, 0) is 0 Å². The van der Waals surface area contributed by atoms with Gasteiger partial charge in [-0.25, -0.2) is 4.98 Å². The van der Waals surface area contributed by atoms with E-state index in [9.17, 15) is 4.79 Å². The maximum absolute atomic E-state index is 13.1. The largest absolute Gasteiger partial charge is 0.497 e. The third-order valence-corrected chi connectivity index (χ3v) is 4.82. The summed E-state index contributed by atoms with van der Waals surface area (Å²) in [5, 5.41) is 0.386. The summed E-state index contributed by atoms with van der Waals surface area (Å²) < 4.78 is 5.20. The summed E-state index contributed by atoms with van der Waals surface area (Å²) in [5.74, 6) is 1.08. The molecule has 1 heterocycles. The molecule has 0 aliphatic heterocycles. The second-order valence-electron chi connectivity index (χ2n) is 5.92. The molecule has 0 N–H and O–H groups in total. The van der Waals surface area contributed by atoms with E-state index in [0.29, 0.717) is 11.5 Å². The number of halogens is 2. The van der Waals surface area contributed by atoms with Crippen molar-refractivity contribution in [3.8, 4) is 5.75 Å². The zero-order valence-electron chi connectivity index (χ0n) is 13.5. The predicted octanol–water partition coefficient (Wildman–Crippen LogP) is 4.84. The molecule has 0 saturated heterocycles. The Morgan fingerprint density at radius 2 is 1.88 bits per heavy atom. The summed E-state index contributed by atoms with van der Waals surface area (Å²) in [6.45, 7) is 2.07. The van der Waals surface area contributed by atoms with Gasteiger partial charge in [0.1, 0.15) is 16.1 Å². The molecule has 1 amide bonds. The number of rotatable bonds is 5. The van der Waals surface area contributed by atoms with Gasteiger partial charge in [-0.05, 0) is 62.1 Å². The van der Waals surface area contributed by atoms with Crippen LogP contribution < -0.4 is 9.64 Å². The molecule has 1 atom stereocenters. The summed E-state index contributed by atoms with van der Waals surface area (Å²) in [7, 11) is 1.61. The highest BCUT2D eigenvalue weighted by Crippen LogP contribution is 2.38. The first-order valence-corrected chi connectivity index (χ1v) is 8.56. The summed E-state index contributed by atoms with van der Waals surface area (Å²) in [6.07, 6.45) is 2.27. The summed E-state index contributed by atoms with van der Waals surface area (Å²) in [4.78, 5) is 18.9. The number of anilines is 1. The Balaban J connectivity index is 1.98. The van der Waals surface area contributed by atoms with Gasteiger partial charge >= 0.3 is 0 Å². The Kier molecular flexibility index (Phi) is 4.97. The van der Waals surface area contributed by atoms with Gasteiger partial charge in [0.15, 0.2) is 0 Å². The van der Waals surface area contributed by atoms with Gasteiger partial charge in [-0.2, -0.15) is 0 Å². The van der Waals surface area contributed by atoms with Gasteiger partial charge in [0.2, 0.25) is 0 Å². The molecule has 1 saturated carbocycles. The minimum Gasteiger partial charge on any atom is -0.497 e. The molecule has 0 unspecified atom stereocenters. The van der Waals surface area contributed by atoms with Gasteiger partial charge in [-0.1, -0.05) is 23.2 Å². The number of hydrogen-bond acceptors (Lipinski definition) is 3. The van der Waals surface area contributed by atoms with Crippen molar-refractivity contribution in [1.29, 1.82) is 0 Å². The number of pyridine rings is 1. The van der Waals surface area contributed by atoms with Gasteiger partial charge in [0.25, 0.3) is 5.91 Å². The Morgan fingerprint density at radius 3 is 2.42 bits per heavy atom. The van der Waals surface area contributed by atoms with Gasteiger partial charge in [0.05, 0.1) is 12.7 Å². The number of carbonyl (C=O) groups is 1. The molecular weight excluding hydrogens is 347 g/mol. The molecule has 2 aromatic rings. The lowest BCUT2D eigenvalue weighted by Crippen LogP contribution is -2.40. The van der Waals surface area contributed by atoms with Crippen LogP contribution in [0.2, 0.25) is 10.3 Å². The molecule has 24 heavy (non-hydrogen) atoms. The molecule has 1 aliphatic rings. The van der Waals surface area contributed by atoms with E-state index < -0.39 is 0 Å². The second kappa shape index (κ2) is 6.99. The van der Waals surface area contributed by atoms with E-state index in [0.717, 1.165) is 24.3 Å². The lowest BCUT2D eigenvalue weighted by molar-refractivity contribution is 0.0975. The maximum Gasteiger partial charge on any atom is 0.261 e. The van der Waals surface area contributed by atoms with Crippen LogP contribution in [-0.4, -0.2) is 24.0 Å². The minimum atomic E-state index is -0.172. The fourth-order valence-corrected chi connectivity index (χ4v) is 3.20. The molecule has 3 rings (SSSR count). The first kappa shape index (κ1) is 17.1. The van der Waals surface area contributed by atoms with Crippen molar-refractivity contribution >= 4 is 34.8 Å². The van der Waals surface area contributed by atoms with Crippen molar-refractivity contribution in [2.24, 2.45) is 5.92 Å². The number of ether oxygens (including phenoxy) is 1. The Morgan fingerprint density at radius 1 is 1.21 bits per heavy atom. The number of carbonyl (C=O) groups excluding carboxylic acids is 1. The maximum atomic E-state index is 13.1. The molecule has 6 heteroatoms. The SMILES string of the molecule is COc1ccc(N(C(=O)c2ccc(Cl)nc2Cl)[C@@H](C)C2CC2)cc1. The van der Waals surface area contributed by atoms with E-state index in [1.165, 1.54) is 0 Å². The Bertz CT molecular complexity index is 745. The first-order chi connectivity index (χ1) is 11.5. The average molecular weight is 365 g/mol. The Hall–Kier alpha value is -1.78. The highest BCUT2D eigenvalue weighted by Gasteiger charge is 2.36. The molecule has 4 nitrogen and oxygen atoms in total. The zero-order valence-corrected chi connectivity index (χ0v) is 15.0. The molecule has 1 aromatic heterocycles. The van der Waals surface area contributed by atoms with Crippen LogP contribution in [0.5, 0.6) is 5.75 Å². The smallest absolute Gasteiger partial charge is 0.261 e. The molecule has 0 spiro atoms. The number of benzene rings is 1. The molecule has 1 aromatic carbocycles. The van der Waals surface area contributed by atoms with Crippen molar-refractivity contribution in [3.05, 3.63) is 52.3 Å². The van der Waals surface area contributed by atoms with E-state index in [1.807, 2.05) is 24.3 Å². The summed E-state index contributed by atoms with van der Waals surface area (Å²) >= 11 is 12.0. The lowest BCUT2D eigenvalue weighted by Gasteiger charge is -2.30. The van der Waals surface area contributed by atoms with Crippen LogP contribution in [0, 0.1) is 5.92 Å². The van der Waals surface area contributed by atoms with Crippen LogP contribution in [0.3, 0.4) is 0 Å². The van der Waals surface area contributed by atoms with E-state index >= 15 is 0 Å². The van der Waals surface area contributed by atoms with Crippen LogP contribution in [0.4, 0.5) is 5.69 Å². The van der Waals surface area contributed by atoms with Gasteiger partial charge < -0.3 is 9.64 Å². The average Bonchev–Trinajstić information content (AvgIpc) is 3.40. The van der Waals surface area contributed by atoms with Crippen molar-refractivity contribution in [2.75, 3.05) is 12.0 Å². The van der Waals surface area contributed by atoms with Crippen molar-refractivity contribution < 1.29 is 9.53 Å². The molecule has 1 aliphatic carbocycles. The topological polar surface area (TPSA) is 42.4 Å². The van der Waals surface area contributed by atoms with Crippen LogP contribution in [0.15, 0.2) is 36.4 Å². The van der Waals surface area contributed by atoms with Crippen molar-refractivity contribution in [1.82, 2.24) is 4.98 Å². The second-order valence-corrected chi connectivity index (χ2v) is 6.67. The number of aromatic nitrogens is 1. The molecule has 0 radical (unpaired) electrons. The lowest BCUT2D eigenvalue weighted by atomic mass is 10.1. The number of hydrogen-bond donors (Lipinski definition) is 0. The van der Waals surface area contributed by atoms with Crippen LogP contribution >= 0.6 is 23.2 Å². The standard InChI is InChI=1S/C18H18Cl2N2O2/c1-11(12-3-4-12)22(13-5-7-14(24-2)8-6-13)18(23)15-9-10-16(19)21-17(15)20/h5-12H,3-4H2,1-2H3/t11-/m0/s1. The van der Waals surface area contributed by atoms with Crippen LogP contribution in [0.1, 0.15) is 30.1 Å². The number of nitrogens with zero attached hydrogens (tertiary/aromatic N) is 2. The van der Waals surface area contributed by atoms with Crippen LogP contribution in [0.25, 0.3) is 0 Å². The fraction of sp³-hybridized carbons (Fsp3) is 0.333. The molecular formula is C18H18Cl2N2O2. The Labute approximate surface area is 151 Å². The first-order valence-electron chi connectivity index (χ1n) is 7.81. The number of methoxy groups -OCH3 is 1.